The molecule has 90 valence electrons. The molecule has 0 aliphatic heterocycles. The molecule has 2 rings (SSSR count). The minimum Gasteiger partial charge on any atom is -0.384 e. The third-order valence-corrected chi connectivity index (χ3v) is 3.71. The van der Waals surface area contributed by atoms with E-state index in [0.717, 1.165) is 37.9 Å². The Bertz CT molecular complexity index is 340. The molecule has 4 nitrogen and oxygen atoms in total. The summed E-state index contributed by atoms with van der Waals surface area (Å²) in [5, 5.41) is 18.2. The molecule has 1 aliphatic rings. The Kier molecular flexibility index (Phi) is 3.30. The van der Waals surface area contributed by atoms with E-state index < -0.39 is 5.60 Å². The van der Waals surface area contributed by atoms with Crippen LogP contribution in [0.1, 0.15) is 38.3 Å². The lowest BCUT2D eigenvalue weighted by Crippen LogP contribution is -2.39. The van der Waals surface area contributed by atoms with E-state index in [1.165, 1.54) is 0 Å². The smallest absolute Gasteiger partial charge is 0.106 e. The summed E-state index contributed by atoms with van der Waals surface area (Å²) in [6, 6.07) is 2.50. The molecule has 0 saturated heterocycles. The fourth-order valence-corrected chi connectivity index (χ4v) is 2.62. The van der Waals surface area contributed by atoms with Gasteiger partial charge >= 0.3 is 0 Å². The van der Waals surface area contributed by atoms with Gasteiger partial charge in [0, 0.05) is 18.8 Å². The summed E-state index contributed by atoms with van der Waals surface area (Å²) in [4.78, 5) is 0. The van der Waals surface area contributed by atoms with Crippen LogP contribution in [0.15, 0.2) is 12.3 Å². The molecule has 1 aromatic heterocycles. The molecule has 0 atom stereocenters. The first-order chi connectivity index (χ1) is 7.69. The van der Waals surface area contributed by atoms with Crippen molar-refractivity contribution in [2.75, 3.05) is 7.05 Å². The lowest BCUT2D eigenvalue weighted by atomic mass is 9.80. The van der Waals surface area contributed by atoms with Crippen LogP contribution >= 0.6 is 0 Å². The van der Waals surface area contributed by atoms with Crippen molar-refractivity contribution in [1.82, 2.24) is 15.1 Å². The monoisotopic (exact) mass is 223 g/mol. The quantitative estimate of drug-likeness (QED) is 0.811. The van der Waals surface area contributed by atoms with E-state index in [9.17, 15) is 5.11 Å². The first-order valence-electron chi connectivity index (χ1n) is 6.11. The van der Waals surface area contributed by atoms with Crippen LogP contribution in [0.5, 0.6) is 0 Å². The van der Waals surface area contributed by atoms with E-state index in [4.69, 9.17) is 0 Å². The van der Waals surface area contributed by atoms with Gasteiger partial charge < -0.3 is 10.4 Å². The average molecular weight is 223 g/mol. The first-order valence-corrected chi connectivity index (χ1v) is 6.11. The van der Waals surface area contributed by atoms with Crippen LogP contribution < -0.4 is 5.32 Å². The maximum atomic E-state index is 10.7. The van der Waals surface area contributed by atoms with E-state index in [1.54, 1.807) is 6.20 Å². The van der Waals surface area contributed by atoms with Gasteiger partial charge in [0.1, 0.15) is 5.60 Å². The van der Waals surface area contributed by atoms with Crippen LogP contribution in [-0.2, 0) is 12.1 Å². The van der Waals surface area contributed by atoms with Crippen molar-refractivity contribution in [1.29, 1.82) is 0 Å². The zero-order chi connectivity index (χ0) is 11.6. The highest BCUT2D eigenvalue weighted by Crippen LogP contribution is 2.36. The summed E-state index contributed by atoms with van der Waals surface area (Å²) >= 11 is 0. The molecular weight excluding hydrogens is 202 g/mol. The summed E-state index contributed by atoms with van der Waals surface area (Å²) in [5.74, 6) is 0. The molecule has 4 heteroatoms. The first kappa shape index (κ1) is 11.6. The van der Waals surface area contributed by atoms with Gasteiger partial charge in [-0.2, -0.15) is 5.10 Å². The number of rotatable bonds is 3. The van der Waals surface area contributed by atoms with Gasteiger partial charge in [0.15, 0.2) is 0 Å². The molecule has 1 fully saturated rings. The molecular formula is C12H21N3O. The van der Waals surface area contributed by atoms with Crippen molar-refractivity contribution in [3.8, 4) is 0 Å². The van der Waals surface area contributed by atoms with Gasteiger partial charge in [-0.25, -0.2) is 0 Å². The van der Waals surface area contributed by atoms with Crippen LogP contribution in [0.3, 0.4) is 0 Å². The molecule has 0 aromatic carbocycles. The largest absolute Gasteiger partial charge is 0.384 e. The highest BCUT2D eigenvalue weighted by Gasteiger charge is 2.36. The minimum atomic E-state index is -0.667. The zero-order valence-electron chi connectivity index (χ0n) is 10.1. The second-order valence-corrected chi connectivity index (χ2v) is 4.63. The van der Waals surface area contributed by atoms with Gasteiger partial charge in [-0.3, -0.25) is 4.68 Å². The Morgan fingerprint density at radius 2 is 2.25 bits per heavy atom. The molecule has 16 heavy (non-hydrogen) atoms. The van der Waals surface area contributed by atoms with Crippen LogP contribution in [0.2, 0.25) is 0 Å². The summed E-state index contributed by atoms with van der Waals surface area (Å²) in [6.45, 7) is 2.87. The molecule has 0 spiro atoms. The van der Waals surface area contributed by atoms with Crippen LogP contribution in [0, 0.1) is 0 Å². The Morgan fingerprint density at radius 1 is 1.56 bits per heavy atom. The van der Waals surface area contributed by atoms with Crippen molar-refractivity contribution in [2.24, 2.45) is 0 Å². The summed E-state index contributed by atoms with van der Waals surface area (Å²) in [5.41, 5.74) is 0.310. The van der Waals surface area contributed by atoms with Crippen molar-refractivity contribution < 1.29 is 5.11 Å². The van der Waals surface area contributed by atoms with E-state index in [1.807, 2.05) is 17.8 Å². The van der Waals surface area contributed by atoms with E-state index in [2.05, 4.69) is 17.3 Å². The van der Waals surface area contributed by atoms with E-state index in [-0.39, 0.29) is 0 Å². The van der Waals surface area contributed by atoms with E-state index in [0.29, 0.717) is 6.04 Å². The third kappa shape index (κ3) is 1.99. The SMILES string of the molecule is CCn1nccc1C1(O)CCC(NC)CC1. The number of nitrogens with one attached hydrogen (secondary N) is 1. The van der Waals surface area contributed by atoms with Gasteiger partial charge in [0.2, 0.25) is 0 Å². The van der Waals surface area contributed by atoms with Gasteiger partial charge in [0.25, 0.3) is 0 Å². The fraction of sp³-hybridized carbons (Fsp3) is 0.750. The van der Waals surface area contributed by atoms with Gasteiger partial charge in [0.05, 0.1) is 5.69 Å². The lowest BCUT2D eigenvalue weighted by Gasteiger charge is -2.36. The Morgan fingerprint density at radius 3 is 2.81 bits per heavy atom. The number of aromatic nitrogens is 2. The molecule has 2 N–H and O–H groups in total. The zero-order valence-corrected chi connectivity index (χ0v) is 10.1. The fourth-order valence-electron chi connectivity index (χ4n) is 2.62. The predicted octanol–water partition coefficient (Wildman–Crippen LogP) is 1.25. The number of nitrogens with zero attached hydrogens (tertiary/aromatic N) is 2. The Balaban J connectivity index is 2.14. The van der Waals surface area contributed by atoms with Gasteiger partial charge in [-0.05, 0) is 45.7 Å². The maximum Gasteiger partial charge on any atom is 0.106 e. The second kappa shape index (κ2) is 4.55. The third-order valence-electron chi connectivity index (χ3n) is 3.71. The van der Waals surface area contributed by atoms with Crippen molar-refractivity contribution in [2.45, 2.75) is 50.8 Å². The Hall–Kier alpha value is -0.870. The molecule has 0 amide bonds. The number of hydrogen-bond acceptors (Lipinski definition) is 3. The van der Waals surface area contributed by atoms with Gasteiger partial charge in [-0.15, -0.1) is 0 Å². The molecule has 1 heterocycles. The summed E-state index contributed by atoms with van der Waals surface area (Å²) in [6.07, 6.45) is 5.49. The topological polar surface area (TPSA) is 50.1 Å². The number of aliphatic hydroxyl groups is 1. The highest BCUT2D eigenvalue weighted by atomic mass is 16.3. The molecule has 1 aliphatic carbocycles. The van der Waals surface area contributed by atoms with Crippen LogP contribution in [0.25, 0.3) is 0 Å². The highest BCUT2D eigenvalue weighted by molar-refractivity contribution is 5.13. The Labute approximate surface area is 96.7 Å². The standard InChI is InChI=1S/C12H21N3O/c1-3-15-11(6-9-14-15)12(16)7-4-10(13-2)5-8-12/h6,9-10,13,16H,3-5,7-8H2,1-2H3. The summed E-state index contributed by atoms with van der Waals surface area (Å²) in [7, 11) is 1.99. The maximum absolute atomic E-state index is 10.7. The summed E-state index contributed by atoms with van der Waals surface area (Å²) < 4.78 is 1.90. The molecule has 1 saturated carbocycles. The second-order valence-electron chi connectivity index (χ2n) is 4.63. The van der Waals surface area contributed by atoms with Crippen LogP contribution in [0.4, 0.5) is 0 Å². The average Bonchev–Trinajstić information content (AvgIpc) is 2.79. The predicted molar refractivity (Wildman–Crippen MR) is 63.1 cm³/mol. The van der Waals surface area contributed by atoms with Gasteiger partial charge in [-0.1, -0.05) is 0 Å². The minimum absolute atomic E-state index is 0.554. The number of hydrogen-bond donors (Lipinski definition) is 2. The van der Waals surface area contributed by atoms with Crippen LogP contribution in [-0.4, -0.2) is 28.0 Å². The lowest BCUT2D eigenvalue weighted by molar-refractivity contribution is -0.0153. The molecule has 0 bridgehead atoms. The molecule has 1 aromatic rings. The van der Waals surface area contributed by atoms with Crippen molar-refractivity contribution >= 4 is 0 Å². The normalized spacial score (nSPS) is 30.6. The van der Waals surface area contributed by atoms with E-state index >= 15 is 0 Å². The molecule has 0 radical (unpaired) electrons. The van der Waals surface area contributed by atoms with Crippen molar-refractivity contribution in [3.05, 3.63) is 18.0 Å². The number of aryl methyl sites for hydroxylation is 1. The van der Waals surface area contributed by atoms with Crippen molar-refractivity contribution in [3.63, 3.8) is 0 Å². The molecule has 0 unspecified atom stereocenters.